The molecule has 2 rings (SSSR count). The summed E-state index contributed by atoms with van der Waals surface area (Å²) in [4.78, 5) is 0. The van der Waals surface area contributed by atoms with Crippen LogP contribution in [0.1, 0.15) is 50.2 Å². The van der Waals surface area contributed by atoms with Gasteiger partial charge in [-0.1, -0.05) is 43.7 Å². The monoisotopic (exact) mass is 364 g/mol. The number of hydrogen-bond acceptors (Lipinski definition) is 1. The highest BCUT2D eigenvalue weighted by molar-refractivity contribution is 14.1. The normalized spacial score (nSPS) is 19.2. The van der Waals surface area contributed by atoms with Gasteiger partial charge in [0.15, 0.2) is 0 Å². The maximum atomic E-state index is 10.3. The second kappa shape index (κ2) is 6.39. The van der Waals surface area contributed by atoms with Gasteiger partial charge >= 0.3 is 0 Å². The minimum atomic E-state index is -0.358. The lowest BCUT2D eigenvalue weighted by molar-refractivity contribution is 0.130. The Morgan fingerprint density at radius 2 is 2.00 bits per heavy atom. The van der Waals surface area contributed by atoms with Gasteiger partial charge in [-0.3, -0.25) is 0 Å². The maximum absolute atomic E-state index is 10.3. The molecule has 94 valence electrons. The molecule has 1 nitrogen and oxygen atoms in total. The summed E-state index contributed by atoms with van der Waals surface area (Å²) in [7, 11) is 0. The molecule has 0 spiro atoms. The van der Waals surface area contributed by atoms with Crippen LogP contribution < -0.4 is 0 Å². The summed E-state index contributed by atoms with van der Waals surface area (Å²) in [6, 6.07) is 5.75. The average Bonchev–Trinajstić information content (AvgIpc) is 2.33. The molecule has 1 aromatic carbocycles. The number of benzene rings is 1. The van der Waals surface area contributed by atoms with Gasteiger partial charge < -0.3 is 5.11 Å². The Hall–Kier alpha value is 0.200. The van der Waals surface area contributed by atoms with Crippen LogP contribution in [-0.4, -0.2) is 5.11 Å². The van der Waals surface area contributed by atoms with Crippen LogP contribution in [0.5, 0.6) is 0 Å². The van der Waals surface area contributed by atoms with Crippen molar-refractivity contribution in [1.82, 2.24) is 0 Å². The SMILES string of the molecule is OC(CC1CCCCC1)c1cc(Cl)ccc1I. The first-order valence-corrected chi connectivity index (χ1v) is 7.75. The first-order valence-electron chi connectivity index (χ1n) is 6.30. The fraction of sp³-hybridized carbons (Fsp3) is 0.571. The van der Waals surface area contributed by atoms with E-state index in [9.17, 15) is 5.11 Å². The van der Waals surface area contributed by atoms with Crippen molar-refractivity contribution in [3.8, 4) is 0 Å². The first kappa shape index (κ1) is 13.6. The third-order valence-electron chi connectivity index (χ3n) is 3.60. The standard InChI is InChI=1S/C14H18ClIO/c15-11-6-7-13(16)12(9-11)14(17)8-10-4-2-1-3-5-10/h6-7,9-10,14,17H,1-5,8H2. The Morgan fingerprint density at radius 1 is 1.29 bits per heavy atom. The Labute approximate surface area is 122 Å². The second-order valence-corrected chi connectivity index (χ2v) is 6.52. The van der Waals surface area contributed by atoms with Crippen LogP contribution in [0.25, 0.3) is 0 Å². The molecule has 0 aliphatic heterocycles. The van der Waals surface area contributed by atoms with E-state index in [1.807, 2.05) is 18.2 Å². The summed E-state index contributed by atoms with van der Waals surface area (Å²) in [6.45, 7) is 0. The highest BCUT2D eigenvalue weighted by Gasteiger charge is 2.20. The van der Waals surface area contributed by atoms with Gasteiger partial charge in [0.2, 0.25) is 0 Å². The molecule has 1 aliphatic rings. The van der Waals surface area contributed by atoms with E-state index in [1.54, 1.807) is 0 Å². The van der Waals surface area contributed by atoms with Gasteiger partial charge in [0.1, 0.15) is 0 Å². The van der Waals surface area contributed by atoms with E-state index >= 15 is 0 Å². The first-order chi connectivity index (χ1) is 8.16. The summed E-state index contributed by atoms with van der Waals surface area (Å²) in [5, 5.41) is 11.0. The smallest absolute Gasteiger partial charge is 0.0803 e. The number of halogens is 2. The molecule has 0 amide bonds. The summed E-state index contributed by atoms with van der Waals surface area (Å²) in [6.07, 6.45) is 7.08. The van der Waals surface area contributed by atoms with E-state index in [0.717, 1.165) is 15.6 Å². The molecular weight excluding hydrogens is 347 g/mol. The van der Waals surface area contributed by atoms with Gasteiger partial charge in [-0.15, -0.1) is 0 Å². The van der Waals surface area contributed by atoms with E-state index in [4.69, 9.17) is 11.6 Å². The number of hydrogen-bond donors (Lipinski definition) is 1. The second-order valence-electron chi connectivity index (χ2n) is 4.92. The van der Waals surface area contributed by atoms with Crippen molar-refractivity contribution < 1.29 is 5.11 Å². The summed E-state index contributed by atoms with van der Waals surface area (Å²) in [5.74, 6) is 0.688. The molecule has 1 aliphatic carbocycles. The molecule has 3 heteroatoms. The highest BCUT2D eigenvalue weighted by Crippen LogP contribution is 2.34. The van der Waals surface area contributed by atoms with Crippen molar-refractivity contribution in [2.24, 2.45) is 5.92 Å². The Bertz CT molecular complexity index is 374. The Morgan fingerprint density at radius 3 is 2.71 bits per heavy atom. The molecule has 1 fully saturated rings. The van der Waals surface area contributed by atoms with Crippen LogP contribution in [0.2, 0.25) is 5.02 Å². The third-order valence-corrected chi connectivity index (χ3v) is 4.82. The van der Waals surface area contributed by atoms with Gasteiger partial charge in [0.05, 0.1) is 6.10 Å². The van der Waals surface area contributed by atoms with Gasteiger partial charge in [-0.05, 0) is 58.7 Å². The van der Waals surface area contributed by atoms with Crippen LogP contribution in [0.4, 0.5) is 0 Å². The molecule has 1 atom stereocenters. The van der Waals surface area contributed by atoms with Gasteiger partial charge in [0.25, 0.3) is 0 Å². The van der Waals surface area contributed by atoms with Crippen molar-refractivity contribution in [2.45, 2.75) is 44.6 Å². The van der Waals surface area contributed by atoms with Crippen LogP contribution in [0, 0.1) is 9.49 Å². The molecule has 0 heterocycles. The lowest BCUT2D eigenvalue weighted by Crippen LogP contribution is -2.11. The molecule has 1 saturated carbocycles. The minimum Gasteiger partial charge on any atom is -0.388 e. The van der Waals surface area contributed by atoms with E-state index in [0.29, 0.717) is 10.9 Å². The van der Waals surface area contributed by atoms with Gasteiger partial charge in [-0.2, -0.15) is 0 Å². The number of aliphatic hydroxyl groups is 1. The topological polar surface area (TPSA) is 20.2 Å². The molecule has 1 N–H and O–H groups in total. The van der Waals surface area contributed by atoms with Crippen LogP contribution in [-0.2, 0) is 0 Å². The van der Waals surface area contributed by atoms with Crippen molar-refractivity contribution >= 4 is 34.2 Å². The van der Waals surface area contributed by atoms with E-state index < -0.39 is 0 Å². The molecule has 0 aromatic heterocycles. The largest absolute Gasteiger partial charge is 0.388 e. The lowest BCUT2D eigenvalue weighted by atomic mass is 9.84. The number of rotatable bonds is 3. The summed E-state index contributed by atoms with van der Waals surface area (Å²) >= 11 is 8.26. The van der Waals surface area contributed by atoms with Crippen LogP contribution >= 0.6 is 34.2 Å². The Balaban J connectivity index is 2.02. The van der Waals surface area contributed by atoms with E-state index in [1.165, 1.54) is 32.1 Å². The molecule has 1 aromatic rings. The zero-order chi connectivity index (χ0) is 12.3. The van der Waals surface area contributed by atoms with E-state index in [-0.39, 0.29) is 6.10 Å². The highest BCUT2D eigenvalue weighted by atomic mass is 127. The molecular formula is C14H18ClIO. The predicted molar refractivity (Wildman–Crippen MR) is 80.3 cm³/mol. The summed E-state index contributed by atoms with van der Waals surface area (Å²) < 4.78 is 1.11. The fourth-order valence-electron chi connectivity index (χ4n) is 2.64. The molecule has 0 bridgehead atoms. The predicted octanol–water partition coefficient (Wildman–Crippen LogP) is 4.95. The number of aliphatic hydroxyl groups excluding tert-OH is 1. The van der Waals surface area contributed by atoms with Crippen LogP contribution in [0.15, 0.2) is 18.2 Å². The van der Waals surface area contributed by atoms with Crippen molar-refractivity contribution in [3.05, 3.63) is 32.4 Å². The lowest BCUT2D eigenvalue weighted by Gasteiger charge is -2.24. The molecule has 0 radical (unpaired) electrons. The maximum Gasteiger partial charge on any atom is 0.0803 e. The van der Waals surface area contributed by atoms with Crippen molar-refractivity contribution in [2.75, 3.05) is 0 Å². The van der Waals surface area contributed by atoms with Crippen LogP contribution in [0.3, 0.4) is 0 Å². The fourth-order valence-corrected chi connectivity index (χ4v) is 3.51. The molecule has 17 heavy (non-hydrogen) atoms. The minimum absolute atomic E-state index is 0.358. The quantitative estimate of drug-likeness (QED) is 0.753. The third kappa shape index (κ3) is 3.83. The van der Waals surface area contributed by atoms with Crippen molar-refractivity contribution in [1.29, 1.82) is 0 Å². The van der Waals surface area contributed by atoms with Gasteiger partial charge in [-0.25, -0.2) is 0 Å². The zero-order valence-corrected chi connectivity index (χ0v) is 12.7. The van der Waals surface area contributed by atoms with Gasteiger partial charge in [0, 0.05) is 8.59 Å². The Kier molecular flexibility index (Phi) is 5.12. The average molecular weight is 365 g/mol. The zero-order valence-electron chi connectivity index (χ0n) is 9.83. The van der Waals surface area contributed by atoms with Crippen molar-refractivity contribution in [3.63, 3.8) is 0 Å². The summed E-state index contributed by atoms with van der Waals surface area (Å²) in [5.41, 5.74) is 0.990. The molecule has 1 unspecified atom stereocenters. The molecule has 0 saturated heterocycles. The van der Waals surface area contributed by atoms with E-state index in [2.05, 4.69) is 22.6 Å².